The summed E-state index contributed by atoms with van der Waals surface area (Å²) in [4.78, 5) is 0. The lowest BCUT2D eigenvalue weighted by Crippen LogP contribution is -2.39. The van der Waals surface area contributed by atoms with Gasteiger partial charge in [-0.1, -0.05) is 35.0 Å². The summed E-state index contributed by atoms with van der Waals surface area (Å²) in [6.07, 6.45) is 2.78. The minimum Gasteiger partial charge on any atom is -0.311 e. The minimum atomic E-state index is 0.0713. The second-order valence-corrected chi connectivity index (χ2v) is 6.84. The predicted molar refractivity (Wildman–Crippen MR) is 86.7 cm³/mol. The molecule has 4 nitrogen and oxygen atoms in total. The molecule has 0 aliphatic rings. The zero-order valence-electron chi connectivity index (χ0n) is 13.1. The Morgan fingerprint density at radius 1 is 1.29 bits per heavy atom. The van der Waals surface area contributed by atoms with Crippen LogP contribution in [0.4, 0.5) is 0 Å². The van der Waals surface area contributed by atoms with Gasteiger partial charge in [0.1, 0.15) is 0 Å². The van der Waals surface area contributed by atoms with Crippen molar-refractivity contribution in [1.29, 1.82) is 0 Å². The van der Waals surface area contributed by atoms with Crippen LogP contribution in [0.15, 0.2) is 30.5 Å². The van der Waals surface area contributed by atoms with Gasteiger partial charge in [0.25, 0.3) is 0 Å². The Morgan fingerprint density at radius 2 is 2.00 bits per heavy atom. The first kappa shape index (κ1) is 16.0. The third-order valence-electron chi connectivity index (χ3n) is 3.33. The summed E-state index contributed by atoms with van der Waals surface area (Å²) in [7, 11) is 1.88. The van der Waals surface area contributed by atoms with Gasteiger partial charge >= 0.3 is 0 Å². The molecule has 21 heavy (non-hydrogen) atoms. The molecule has 1 aromatic carbocycles. The maximum atomic E-state index is 6.37. The minimum absolute atomic E-state index is 0.0713. The van der Waals surface area contributed by atoms with E-state index in [0.717, 1.165) is 29.2 Å². The molecule has 0 bridgehead atoms. The molecule has 1 atom stereocenters. The van der Waals surface area contributed by atoms with Crippen molar-refractivity contribution >= 4 is 11.6 Å². The molecule has 1 aromatic heterocycles. The quantitative estimate of drug-likeness (QED) is 0.922. The Kier molecular flexibility index (Phi) is 5.01. The Hall–Kier alpha value is -1.39. The standard InChI is InChI=1S/C16H23ClN4/c1-16(2,3)18-10-12(9-13-11-21(4)20-19-13)14-7-5-6-8-15(14)17/h5-8,11-12,18H,9-10H2,1-4H3. The normalized spacial score (nSPS) is 13.4. The summed E-state index contributed by atoms with van der Waals surface area (Å²) in [5.41, 5.74) is 2.21. The van der Waals surface area contributed by atoms with Crippen molar-refractivity contribution in [3.05, 3.63) is 46.7 Å². The molecular weight excluding hydrogens is 284 g/mol. The monoisotopic (exact) mass is 306 g/mol. The second kappa shape index (κ2) is 6.58. The number of benzene rings is 1. The molecule has 1 unspecified atom stereocenters. The van der Waals surface area contributed by atoms with Crippen molar-refractivity contribution in [3.8, 4) is 0 Å². The average Bonchev–Trinajstić information content (AvgIpc) is 2.80. The van der Waals surface area contributed by atoms with Crippen molar-refractivity contribution in [1.82, 2.24) is 20.3 Å². The van der Waals surface area contributed by atoms with Gasteiger partial charge in [0.05, 0.1) is 5.69 Å². The predicted octanol–water partition coefficient (Wildman–Crippen LogP) is 3.18. The van der Waals surface area contributed by atoms with Gasteiger partial charge in [0.2, 0.25) is 0 Å². The van der Waals surface area contributed by atoms with E-state index in [9.17, 15) is 0 Å². The van der Waals surface area contributed by atoms with Gasteiger partial charge in [-0.2, -0.15) is 0 Å². The number of aryl methyl sites for hydroxylation is 1. The number of hydrogen-bond acceptors (Lipinski definition) is 3. The summed E-state index contributed by atoms with van der Waals surface area (Å²) in [5, 5.41) is 12.6. The van der Waals surface area contributed by atoms with Crippen LogP contribution in [0, 0.1) is 0 Å². The third kappa shape index (κ3) is 4.83. The lowest BCUT2D eigenvalue weighted by Gasteiger charge is -2.25. The van der Waals surface area contributed by atoms with E-state index in [1.807, 2.05) is 31.4 Å². The molecule has 1 heterocycles. The first-order valence-corrected chi connectivity index (χ1v) is 7.57. The maximum Gasteiger partial charge on any atom is 0.0833 e. The van der Waals surface area contributed by atoms with Crippen molar-refractivity contribution in [2.75, 3.05) is 6.54 Å². The molecule has 1 N–H and O–H groups in total. The van der Waals surface area contributed by atoms with E-state index in [1.165, 1.54) is 0 Å². The van der Waals surface area contributed by atoms with Crippen molar-refractivity contribution in [3.63, 3.8) is 0 Å². The van der Waals surface area contributed by atoms with Crippen molar-refractivity contribution in [2.24, 2.45) is 7.05 Å². The Morgan fingerprint density at radius 3 is 2.57 bits per heavy atom. The molecule has 0 aliphatic carbocycles. The van der Waals surface area contributed by atoms with Gasteiger partial charge in [0.15, 0.2) is 0 Å². The van der Waals surface area contributed by atoms with E-state index in [-0.39, 0.29) is 11.5 Å². The number of halogens is 1. The number of nitrogens with zero attached hydrogens (tertiary/aromatic N) is 3. The van der Waals surface area contributed by atoms with E-state index in [4.69, 9.17) is 11.6 Å². The summed E-state index contributed by atoms with van der Waals surface area (Å²) in [6.45, 7) is 7.35. The van der Waals surface area contributed by atoms with Crippen molar-refractivity contribution in [2.45, 2.75) is 38.6 Å². The van der Waals surface area contributed by atoms with Crippen LogP contribution in [0.25, 0.3) is 0 Å². The molecule has 0 aliphatic heterocycles. The molecule has 0 saturated heterocycles. The van der Waals surface area contributed by atoms with E-state index in [1.54, 1.807) is 4.68 Å². The van der Waals surface area contributed by atoms with E-state index < -0.39 is 0 Å². The first-order valence-electron chi connectivity index (χ1n) is 7.20. The number of rotatable bonds is 5. The molecule has 0 spiro atoms. The average molecular weight is 307 g/mol. The molecule has 0 saturated carbocycles. The van der Waals surface area contributed by atoms with Gasteiger partial charge in [0, 0.05) is 42.7 Å². The van der Waals surface area contributed by atoms with Gasteiger partial charge in [-0.15, -0.1) is 5.10 Å². The SMILES string of the molecule is Cn1cc(CC(CNC(C)(C)C)c2ccccc2Cl)nn1. The Bertz CT molecular complexity index is 586. The largest absolute Gasteiger partial charge is 0.311 e. The molecule has 2 aromatic rings. The van der Waals surface area contributed by atoms with Gasteiger partial charge < -0.3 is 5.32 Å². The fraction of sp³-hybridized carbons (Fsp3) is 0.500. The van der Waals surface area contributed by atoms with E-state index in [0.29, 0.717) is 0 Å². The number of hydrogen-bond donors (Lipinski definition) is 1. The Balaban J connectivity index is 2.19. The fourth-order valence-corrected chi connectivity index (χ4v) is 2.56. The topological polar surface area (TPSA) is 42.7 Å². The van der Waals surface area contributed by atoms with Crippen LogP contribution in [0.5, 0.6) is 0 Å². The first-order chi connectivity index (χ1) is 9.85. The summed E-state index contributed by atoms with van der Waals surface area (Å²) < 4.78 is 1.73. The summed E-state index contributed by atoms with van der Waals surface area (Å²) in [5.74, 6) is 0.273. The summed E-state index contributed by atoms with van der Waals surface area (Å²) in [6, 6.07) is 8.02. The number of aromatic nitrogens is 3. The Labute approximate surface area is 131 Å². The molecule has 114 valence electrons. The smallest absolute Gasteiger partial charge is 0.0833 e. The lowest BCUT2D eigenvalue weighted by molar-refractivity contribution is 0.404. The van der Waals surface area contributed by atoms with Gasteiger partial charge in [-0.3, -0.25) is 4.68 Å². The van der Waals surface area contributed by atoms with Crippen LogP contribution in [0.2, 0.25) is 5.02 Å². The highest BCUT2D eigenvalue weighted by Crippen LogP contribution is 2.27. The van der Waals surface area contributed by atoms with E-state index >= 15 is 0 Å². The zero-order valence-corrected chi connectivity index (χ0v) is 13.9. The zero-order chi connectivity index (χ0) is 15.5. The van der Waals surface area contributed by atoms with Crippen LogP contribution < -0.4 is 5.32 Å². The van der Waals surface area contributed by atoms with Crippen LogP contribution in [-0.4, -0.2) is 27.1 Å². The van der Waals surface area contributed by atoms with Gasteiger partial charge in [-0.25, -0.2) is 0 Å². The highest BCUT2D eigenvalue weighted by molar-refractivity contribution is 6.31. The summed E-state index contributed by atoms with van der Waals surface area (Å²) >= 11 is 6.37. The van der Waals surface area contributed by atoms with Crippen LogP contribution in [0.3, 0.4) is 0 Å². The highest BCUT2D eigenvalue weighted by Gasteiger charge is 2.19. The van der Waals surface area contributed by atoms with Crippen molar-refractivity contribution < 1.29 is 0 Å². The highest BCUT2D eigenvalue weighted by atomic mass is 35.5. The van der Waals surface area contributed by atoms with Crippen LogP contribution in [-0.2, 0) is 13.5 Å². The lowest BCUT2D eigenvalue weighted by atomic mass is 9.93. The maximum absolute atomic E-state index is 6.37. The molecule has 5 heteroatoms. The van der Waals surface area contributed by atoms with Crippen LogP contribution >= 0.6 is 11.6 Å². The van der Waals surface area contributed by atoms with Crippen LogP contribution in [0.1, 0.15) is 37.9 Å². The number of nitrogens with one attached hydrogen (secondary N) is 1. The molecule has 0 radical (unpaired) electrons. The van der Waals surface area contributed by atoms with Gasteiger partial charge in [-0.05, 0) is 32.4 Å². The molecule has 0 amide bonds. The molecule has 2 rings (SSSR count). The fourth-order valence-electron chi connectivity index (χ4n) is 2.27. The molecule has 0 fully saturated rings. The third-order valence-corrected chi connectivity index (χ3v) is 3.67. The molecular formula is C16H23ClN4. The van der Waals surface area contributed by atoms with E-state index in [2.05, 4.69) is 42.5 Å². The second-order valence-electron chi connectivity index (χ2n) is 6.44.